The van der Waals surface area contributed by atoms with Crippen LogP contribution in [0.3, 0.4) is 0 Å². The maximum atomic E-state index is 5.97. The molecule has 5 nitrogen and oxygen atoms in total. The summed E-state index contributed by atoms with van der Waals surface area (Å²) in [7, 11) is 3.27. The summed E-state index contributed by atoms with van der Waals surface area (Å²) in [6.45, 7) is 2.79. The van der Waals surface area contributed by atoms with Gasteiger partial charge in [0.15, 0.2) is 11.5 Å². The zero-order chi connectivity index (χ0) is 15.2. The summed E-state index contributed by atoms with van der Waals surface area (Å²) in [5.74, 6) is 1.41. The molecule has 21 heavy (non-hydrogen) atoms. The summed E-state index contributed by atoms with van der Waals surface area (Å²) in [6, 6.07) is 7.48. The van der Waals surface area contributed by atoms with Crippen LogP contribution < -0.4 is 15.2 Å². The number of benzene rings is 1. The number of thiazole rings is 1. The first-order valence-electron chi connectivity index (χ1n) is 6.64. The number of para-hydroxylation sites is 2. The average molecular weight is 308 g/mol. The third-order valence-electron chi connectivity index (χ3n) is 2.89. The smallest absolute Gasteiger partial charge is 0.161 e. The molecule has 0 saturated carbocycles. The van der Waals surface area contributed by atoms with Crippen molar-refractivity contribution in [1.29, 1.82) is 0 Å². The highest BCUT2D eigenvalue weighted by Crippen LogP contribution is 2.29. The van der Waals surface area contributed by atoms with Crippen LogP contribution in [0.1, 0.15) is 28.5 Å². The van der Waals surface area contributed by atoms with E-state index >= 15 is 0 Å². The van der Waals surface area contributed by atoms with Crippen LogP contribution in [0.2, 0.25) is 0 Å². The van der Waals surface area contributed by atoms with Gasteiger partial charge >= 0.3 is 0 Å². The van der Waals surface area contributed by atoms with Crippen molar-refractivity contribution in [3.05, 3.63) is 39.8 Å². The van der Waals surface area contributed by atoms with E-state index in [1.54, 1.807) is 25.6 Å². The number of ether oxygens (including phenoxy) is 3. The summed E-state index contributed by atoms with van der Waals surface area (Å²) in [5, 5.41) is 0.875. The molecule has 6 heteroatoms. The topological polar surface area (TPSA) is 66.6 Å². The number of nitrogens with two attached hydrogens (primary N) is 1. The molecule has 0 bridgehead atoms. The Kier molecular flexibility index (Phi) is 5.55. The van der Waals surface area contributed by atoms with Gasteiger partial charge in [-0.25, -0.2) is 4.98 Å². The Morgan fingerprint density at radius 2 is 1.90 bits per heavy atom. The van der Waals surface area contributed by atoms with E-state index in [4.69, 9.17) is 19.9 Å². The van der Waals surface area contributed by atoms with E-state index in [9.17, 15) is 0 Å². The standard InChI is InChI=1S/C15H20N2O3S/c1-10(16)15-11(8-18-2)17-14(21-15)9-20-13-7-5-4-6-12(13)19-3/h4-7,10H,8-9,16H2,1-3H3. The van der Waals surface area contributed by atoms with Crippen molar-refractivity contribution in [2.75, 3.05) is 14.2 Å². The molecule has 1 aromatic carbocycles. The molecule has 0 aliphatic rings. The van der Waals surface area contributed by atoms with Crippen LogP contribution in [0.5, 0.6) is 11.5 Å². The molecule has 1 atom stereocenters. The van der Waals surface area contributed by atoms with Gasteiger partial charge in [0.1, 0.15) is 11.6 Å². The van der Waals surface area contributed by atoms with E-state index in [1.165, 1.54) is 0 Å². The molecule has 0 amide bonds. The molecule has 0 saturated heterocycles. The molecule has 1 aromatic heterocycles. The lowest BCUT2D eigenvalue weighted by molar-refractivity contribution is 0.180. The number of rotatable bonds is 7. The zero-order valence-electron chi connectivity index (χ0n) is 12.5. The van der Waals surface area contributed by atoms with Crippen LogP contribution in [0.4, 0.5) is 0 Å². The van der Waals surface area contributed by atoms with Gasteiger partial charge in [0.25, 0.3) is 0 Å². The highest BCUT2D eigenvalue weighted by Gasteiger charge is 2.15. The summed E-state index contributed by atoms with van der Waals surface area (Å²) in [5.41, 5.74) is 6.85. The first-order valence-corrected chi connectivity index (χ1v) is 7.46. The predicted octanol–water partition coefficient (Wildman–Crippen LogP) is 2.90. The van der Waals surface area contributed by atoms with Crippen LogP contribution in [0, 0.1) is 0 Å². The summed E-state index contributed by atoms with van der Waals surface area (Å²) in [4.78, 5) is 5.58. The van der Waals surface area contributed by atoms with Gasteiger partial charge in [-0.2, -0.15) is 0 Å². The average Bonchev–Trinajstić information content (AvgIpc) is 2.89. The van der Waals surface area contributed by atoms with Crippen LogP contribution in [-0.4, -0.2) is 19.2 Å². The monoisotopic (exact) mass is 308 g/mol. The van der Waals surface area contributed by atoms with Gasteiger partial charge in [-0.3, -0.25) is 0 Å². The fourth-order valence-electron chi connectivity index (χ4n) is 1.95. The summed E-state index contributed by atoms with van der Waals surface area (Å²) in [6.07, 6.45) is 0. The minimum absolute atomic E-state index is 0.0624. The fraction of sp³-hybridized carbons (Fsp3) is 0.400. The molecule has 2 N–H and O–H groups in total. The van der Waals surface area contributed by atoms with E-state index in [0.717, 1.165) is 15.6 Å². The third-order valence-corrected chi connectivity index (χ3v) is 4.16. The van der Waals surface area contributed by atoms with E-state index in [0.29, 0.717) is 24.7 Å². The second-order valence-corrected chi connectivity index (χ2v) is 5.69. The zero-order valence-corrected chi connectivity index (χ0v) is 13.3. The lowest BCUT2D eigenvalue weighted by Crippen LogP contribution is -2.06. The van der Waals surface area contributed by atoms with Crippen molar-refractivity contribution >= 4 is 11.3 Å². The Hall–Kier alpha value is -1.63. The molecule has 0 fully saturated rings. The Morgan fingerprint density at radius 1 is 1.19 bits per heavy atom. The molecule has 0 spiro atoms. The Bertz CT molecular complexity index is 584. The molecular weight excluding hydrogens is 288 g/mol. The maximum absolute atomic E-state index is 5.97. The Balaban J connectivity index is 2.11. The number of hydrogen-bond donors (Lipinski definition) is 1. The number of methoxy groups -OCH3 is 2. The van der Waals surface area contributed by atoms with Crippen molar-refractivity contribution < 1.29 is 14.2 Å². The highest BCUT2D eigenvalue weighted by atomic mass is 32.1. The minimum atomic E-state index is -0.0624. The Labute approximate surface area is 128 Å². The van der Waals surface area contributed by atoms with E-state index in [1.807, 2.05) is 31.2 Å². The number of aromatic nitrogens is 1. The lowest BCUT2D eigenvalue weighted by Gasteiger charge is -2.08. The first kappa shape index (κ1) is 15.8. The molecule has 1 heterocycles. The first-order chi connectivity index (χ1) is 10.2. The van der Waals surface area contributed by atoms with Gasteiger partial charge < -0.3 is 19.9 Å². The van der Waals surface area contributed by atoms with Crippen molar-refractivity contribution in [2.24, 2.45) is 5.73 Å². The molecule has 114 valence electrons. The second-order valence-electron chi connectivity index (χ2n) is 4.58. The molecule has 2 rings (SSSR count). The van der Waals surface area contributed by atoms with Crippen LogP contribution in [0.25, 0.3) is 0 Å². The number of nitrogens with zero attached hydrogens (tertiary/aromatic N) is 1. The largest absolute Gasteiger partial charge is 0.493 e. The maximum Gasteiger partial charge on any atom is 0.161 e. The van der Waals surface area contributed by atoms with E-state index in [-0.39, 0.29) is 6.04 Å². The summed E-state index contributed by atoms with van der Waals surface area (Å²) >= 11 is 1.56. The van der Waals surface area contributed by atoms with E-state index in [2.05, 4.69) is 4.98 Å². The fourth-order valence-corrected chi connectivity index (χ4v) is 2.89. The quantitative estimate of drug-likeness (QED) is 0.852. The molecule has 0 aliphatic carbocycles. The van der Waals surface area contributed by atoms with E-state index < -0.39 is 0 Å². The van der Waals surface area contributed by atoms with Gasteiger partial charge in [-0.1, -0.05) is 12.1 Å². The van der Waals surface area contributed by atoms with Gasteiger partial charge in [0.05, 0.1) is 19.4 Å². The molecule has 2 aromatic rings. The van der Waals surface area contributed by atoms with Gasteiger partial charge in [-0.15, -0.1) is 11.3 Å². The van der Waals surface area contributed by atoms with Crippen molar-refractivity contribution in [2.45, 2.75) is 26.2 Å². The molecule has 0 radical (unpaired) electrons. The second kappa shape index (κ2) is 7.40. The number of hydrogen-bond acceptors (Lipinski definition) is 6. The van der Waals surface area contributed by atoms with Crippen LogP contribution in [0.15, 0.2) is 24.3 Å². The lowest BCUT2D eigenvalue weighted by atomic mass is 10.2. The van der Waals surface area contributed by atoms with Crippen molar-refractivity contribution in [3.63, 3.8) is 0 Å². The molecule has 0 aliphatic heterocycles. The summed E-state index contributed by atoms with van der Waals surface area (Å²) < 4.78 is 16.2. The molecular formula is C15H20N2O3S. The SMILES string of the molecule is COCc1nc(COc2ccccc2OC)sc1C(C)N. The van der Waals surface area contributed by atoms with Crippen LogP contribution in [-0.2, 0) is 18.0 Å². The highest BCUT2D eigenvalue weighted by molar-refractivity contribution is 7.11. The normalized spacial score (nSPS) is 12.2. The third kappa shape index (κ3) is 3.93. The van der Waals surface area contributed by atoms with Crippen molar-refractivity contribution in [3.8, 4) is 11.5 Å². The predicted molar refractivity (Wildman–Crippen MR) is 82.8 cm³/mol. The van der Waals surface area contributed by atoms with Crippen LogP contribution >= 0.6 is 11.3 Å². The van der Waals surface area contributed by atoms with Gasteiger partial charge in [0.2, 0.25) is 0 Å². The Morgan fingerprint density at radius 3 is 2.52 bits per heavy atom. The minimum Gasteiger partial charge on any atom is -0.493 e. The van der Waals surface area contributed by atoms with Crippen molar-refractivity contribution in [1.82, 2.24) is 4.98 Å². The van der Waals surface area contributed by atoms with Gasteiger partial charge in [-0.05, 0) is 19.1 Å². The van der Waals surface area contributed by atoms with Gasteiger partial charge in [0, 0.05) is 18.0 Å². The molecule has 1 unspecified atom stereocenters.